The van der Waals surface area contributed by atoms with Crippen molar-refractivity contribution in [1.29, 1.82) is 5.26 Å². The number of halogens is 2. The smallest absolute Gasteiger partial charge is 0.0992 e. The molecule has 19 heavy (non-hydrogen) atoms. The fraction of sp³-hybridized carbons (Fsp3) is 0.0714. The quantitative estimate of drug-likeness (QED) is 0.801. The van der Waals surface area contributed by atoms with Gasteiger partial charge in [0.15, 0.2) is 0 Å². The van der Waals surface area contributed by atoms with E-state index in [0.29, 0.717) is 27.0 Å². The van der Waals surface area contributed by atoms with Crippen LogP contribution < -0.4 is 11.1 Å². The Balaban J connectivity index is 2.42. The van der Waals surface area contributed by atoms with Gasteiger partial charge in [-0.1, -0.05) is 29.3 Å². The Hall–Kier alpha value is -1.89. The number of anilines is 3. The van der Waals surface area contributed by atoms with Crippen LogP contribution in [0.4, 0.5) is 17.1 Å². The number of hydrogen-bond acceptors (Lipinski definition) is 3. The number of rotatable bonds is 2. The zero-order valence-electron chi connectivity index (χ0n) is 10.2. The zero-order chi connectivity index (χ0) is 14.0. The van der Waals surface area contributed by atoms with Crippen LogP contribution in [0.15, 0.2) is 30.3 Å². The second-order valence-corrected chi connectivity index (χ2v) is 4.93. The van der Waals surface area contributed by atoms with Crippen LogP contribution in [0.25, 0.3) is 0 Å². The van der Waals surface area contributed by atoms with Crippen LogP contribution in [0.5, 0.6) is 0 Å². The van der Waals surface area contributed by atoms with Gasteiger partial charge in [0.25, 0.3) is 0 Å². The molecule has 0 aliphatic carbocycles. The normalized spacial score (nSPS) is 10.0. The van der Waals surface area contributed by atoms with Crippen molar-refractivity contribution in [2.75, 3.05) is 11.1 Å². The highest BCUT2D eigenvalue weighted by atomic mass is 35.5. The topological polar surface area (TPSA) is 61.8 Å². The molecule has 3 N–H and O–H groups in total. The van der Waals surface area contributed by atoms with Crippen LogP contribution in [0, 0.1) is 18.3 Å². The summed E-state index contributed by atoms with van der Waals surface area (Å²) in [7, 11) is 0. The molecular formula is C14H11Cl2N3. The van der Waals surface area contributed by atoms with Gasteiger partial charge in [-0.3, -0.25) is 0 Å². The molecule has 2 aromatic rings. The van der Waals surface area contributed by atoms with Gasteiger partial charge in [-0.15, -0.1) is 0 Å². The Kier molecular flexibility index (Phi) is 3.84. The van der Waals surface area contributed by atoms with E-state index < -0.39 is 0 Å². The summed E-state index contributed by atoms with van der Waals surface area (Å²) in [5.74, 6) is 0. The molecule has 0 aromatic heterocycles. The summed E-state index contributed by atoms with van der Waals surface area (Å²) in [4.78, 5) is 0. The predicted molar refractivity (Wildman–Crippen MR) is 80.1 cm³/mol. The summed E-state index contributed by atoms with van der Waals surface area (Å²) in [6.07, 6.45) is 0. The third-order valence-electron chi connectivity index (χ3n) is 2.73. The number of hydrogen-bond donors (Lipinski definition) is 2. The Morgan fingerprint density at radius 3 is 2.47 bits per heavy atom. The molecule has 0 saturated heterocycles. The van der Waals surface area contributed by atoms with E-state index in [0.717, 1.165) is 11.3 Å². The second kappa shape index (κ2) is 5.40. The molecule has 0 unspecified atom stereocenters. The van der Waals surface area contributed by atoms with E-state index in [-0.39, 0.29) is 0 Å². The number of nitrogens with zero attached hydrogens (tertiary/aromatic N) is 1. The van der Waals surface area contributed by atoms with Crippen molar-refractivity contribution in [1.82, 2.24) is 0 Å². The molecule has 0 aliphatic rings. The molecule has 0 spiro atoms. The van der Waals surface area contributed by atoms with Crippen molar-refractivity contribution in [2.24, 2.45) is 0 Å². The highest BCUT2D eigenvalue weighted by molar-refractivity contribution is 6.42. The molecule has 0 radical (unpaired) electrons. The van der Waals surface area contributed by atoms with Crippen LogP contribution in [0.1, 0.15) is 11.1 Å². The molecular weight excluding hydrogens is 281 g/mol. The predicted octanol–water partition coefficient (Wildman–Crippen LogP) is 4.50. The summed E-state index contributed by atoms with van der Waals surface area (Å²) in [5, 5.41) is 12.9. The number of nitrogen functional groups attached to an aromatic ring is 1. The summed E-state index contributed by atoms with van der Waals surface area (Å²) in [6, 6.07) is 10.7. The van der Waals surface area contributed by atoms with Crippen molar-refractivity contribution in [3.63, 3.8) is 0 Å². The molecule has 0 atom stereocenters. The van der Waals surface area contributed by atoms with Crippen molar-refractivity contribution >= 4 is 40.3 Å². The highest BCUT2D eigenvalue weighted by Gasteiger charge is 2.07. The first-order valence-corrected chi connectivity index (χ1v) is 6.29. The molecule has 0 aliphatic heterocycles. The summed E-state index contributed by atoms with van der Waals surface area (Å²) in [6.45, 7) is 1.94. The van der Waals surface area contributed by atoms with Gasteiger partial charge in [0, 0.05) is 5.69 Å². The van der Waals surface area contributed by atoms with Crippen LogP contribution in [-0.4, -0.2) is 0 Å². The Morgan fingerprint density at radius 1 is 1.11 bits per heavy atom. The lowest BCUT2D eigenvalue weighted by molar-refractivity contribution is 1.40. The molecule has 0 bridgehead atoms. The number of benzene rings is 2. The maximum atomic E-state index is 8.91. The van der Waals surface area contributed by atoms with Crippen molar-refractivity contribution < 1.29 is 0 Å². The van der Waals surface area contributed by atoms with Crippen molar-refractivity contribution in [3.05, 3.63) is 51.5 Å². The largest absolute Gasteiger partial charge is 0.397 e. The SMILES string of the molecule is Cc1ccc(C#N)cc1Nc1cc(Cl)c(Cl)cc1N. The molecule has 3 nitrogen and oxygen atoms in total. The Morgan fingerprint density at radius 2 is 1.79 bits per heavy atom. The molecule has 96 valence electrons. The molecule has 2 aromatic carbocycles. The van der Waals surface area contributed by atoms with Crippen LogP contribution in [0.2, 0.25) is 10.0 Å². The van der Waals surface area contributed by atoms with Gasteiger partial charge >= 0.3 is 0 Å². The number of nitrogens with one attached hydrogen (secondary N) is 1. The van der Waals surface area contributed by atoms with E-state index in [1.54, 1.807) is 24.3 Å². The van der Waals surface area contributed by atoms with Gasteiger partial charge in [0.05, 0.1) is 33.1 Å². The van der Waals surface area contributed by atoms with Gasteiger partial charge in [0.1, 0.15) is 0 Å². The summed E-state index contributed by atoms with van der Waals surface area (Å²) >= 11 is 11.9. The van der Waals surface area contributed by atoms with E-state index in [1.165, 1.54) is 0 Å². The van der Waals surface area contributed by atoms with Gasteiger partial charge < -0.3 is 11.1 Å². The minimum absolute atomic E-state index is 0.409. The fourth-order valence-electron chi connectivity index (χ4n) is 1.64. The summed E-state index contributed by atoms with van der Waals surface area (Å²) in [5.41, 5.74) is 9.43. The second-order valence-electron chi connectivity index (χ2n) is 4.12. The first kappa shape index (κ1) is 13.5. The third kappa shape index (κ3) is 2.93. The van der Waals surface area contributed by atoms with Crippen LogP contribution in [-0.2, 0) is 0 Å². The average molecular weight is 292 g/mol. The standard InChI is InChI=1S/C14H11Cl2N3/c1-8-2-3-9(7-17)4-13(8)19-14-6-11(16)10(15)5-12(14)18/h2-6,19H,18H2,1H3. The van der Waals surface area contributed by atoms with Crippen LogP contribution in [0.3, 0.4) is 0 Å². The van der Waals surface area contributed by atoms with E-state index >= 15 is 0 Å². The monoisotopic (exact) mass is 291 g/mol. The molecule has 2 rings (SSSR count). The van der Waals surface area contributed by atoms with E-state index in [9.17, 15) is 0 Å². The lowest BCUT2D eigenvalue weighted by Crippen LogP contribution is -1.98. The average Bonchev–Trinajstić information content (AvgIpc) is 2.38. The molecule has 0 amide bonds. The highest BCUT2D eigenvalue weighted by Crippen LogP contribution is 2.33. The molecule has 0 heterocycles. The van der Waals surface area contributed by atoms with E-state index in [4.69, 9.17) is 34.2 Å². The maximum Gasteiger partial charge on any atom is 0.0992 e. The fourth-order valence-corrected chi connectivity index (χ4v) is 1.98. The van der Waals surface area contributed by atoms with E-state index in [1.807, 2.05) is 13.0 Å². The number of aryl methyl sites for hydroxylation is 1. The van der Waals surface area contributed by atoms with Gasteiger partial charge in [-0.05, 0) is 36.8 Å². The van der Waals surface area contributed by atoms with Gasteiger partial charge in [-0.25, -0.2) is 0 Å². The lowest BCUT2D eigenvalue weighted by Gasteiger charge is -2.13. The van der Waals surface area contributed by atoms with Crippen molar-refractivity contribution in [3.8, 4) is 6.07 Å². The maximum absolute atomic E-state index is 8.91. The lowest BCUT2D eigenvalue weighted by atomic mass is 10.1. The Bertz CT molecular complexity index is 675. The number of nitriles is 1. The first-order valence-electron chi connectivity index (χ1n) is 5.53. The number of nitrogens with two attached hydrogens (primary N) is 1. The van der Waals surface area contributed by atoms with Crippen LogP contribution >= 0.6 is 23.2 Å². The first-order chi connectivity index (χ1) is 9.01. The van der Waals surface area contributed by atoms with Gasteiger partial charge in [0.2, 0.25) is 0 Å². The molecule has 5 heteroatoms. The molecule has 0 fully saturated rings. The zero-order valence-corrected chi connectivity index (χ0v) is 11.7. The van der Waals surface area contributed by atoms with Gasteiger partial charge in [-0.2, -0.15) is 5.26 Å². The van der Waals surface area contributed by atoms with Crippen molar-refractivity contribution in [2.45, 2.75) is 6.92 Å². The molecule has 0 saturated carbocycles. The summed E-state index contributed by atoms with van der Waals surface area (Å²) < 4.78 is 0. The Labute approximate surface area is 121 Å². The minimum atomic E-state index is 0.409. The van der Waals surface area contributed by atoms with E-state index in [2.05, 4.69) is 11.4 Å². The third-order valence-corrected chi connectivity index (χ3v) is 3.45. The minimum Gasteiger partial charge on any atom is -0.397 e.